The molecule has 5 nitrogen and oxygen atoms in total. The highest BCUT2D eigenvalue weighted by molar-refractivity contribution is 5.73. The number of carboxylic acid groups (broad SMARTS) is 1. The van der Waals surface area contributed by atoms with E-state index in [1.54, 1.807) is 0 Å². The van der Waals surface area contributed by atoms with Crippen LogP contribution in [0.25, 0.3) is 0 Å². The summed E-state index contributed by atoms with van der Waals surface area (Å²) in [5.41, 5.74) is 0. The molecule has 0 aliphatic carbocycles. The predicted molar refractivity (Wildman–Crippen MR) is 47.6 cm³/mol. The van der Waals surface area contributed by atoms with E-state index in [9.17, 15) is 4.79 Å². The second-order valence-electron chi connectivity index (χ2n) is 3.04. The Kier molecular flexibility index (Phi) is 6.48. The van der Waals surface area contributed by atoms with Gasteiger partial charge >= 0.3 is 5.97 Å². The third-order valence-corrected chi connectivity index (χ3v) is 1.66. The molecule has 3 N–H and O–H groups in total. The van der Waals surface area contributed by atoms with Gasteiger partial charge in [0, 0.05) is 20.3 Å². The largest absolute Gasteiger partial charge is 0.480 e. The normalized spacial score (nSPS) is 15.3. The van der Waals surface area contributed by atoms with Crippen molar-refractivity contribution >= 4 is 5.97 Å². The van der Waals surface area contributed by atoms with Crippen molar-refractivity contribution in [2.75, 3.05) is 26.9 Å². The van der Waals surface area contributed by atoms with E-state index in [0.29, 0.717) is 6.54 Å². The van der Waals surface area contributed by atoms with Gasteiger partial charge in [-0.1, -0.05) is 6.92 Å². The number of carboxylic acids is 1. The fourth-order valence-corrected chi connectivity index (χ4v) is 0.792. The molecule has 13 heavy (non-hydrogen) atoms. The number of ether oxygens (including phenoxy) is 1. The summed E-state index contributed by atoms with van der Waals surface area (Å²) in [6, 6.07) is -0.695. The van der Waals surface area contributed by atoms with Crippen LogP contribution in [-0.4, -0.2) is 49.1 Å². The van der Waals surface area contributed by atoms with Gasteiger partial charge in [-0.25, -0.2) is 0 Å². The lowest BCUT2D eigenvalue weighted by atomic mass is 10.2. The summed E-state index contributed by atoms with van der Waals surface area (Å²) in [7, 11) is 1.45. The molecule has 0 rings (SSSR count). The average molecular weight is 191 g/mol. The number of carbonyl (C=O) groups is 1. The van der Waals surface area contributed by atoms with Gasteiger partial charge in [0.1, 0.15) is 6.04 Å². The van der Waals surface area contributed by atoms with Gasteiger partial charge in [0.2, 0.25) is 0 Å². The first-order valence-electron chi connectivity index (χ1n) is 4.17. The Morgan fingerprint density at radius 2 is 2.23 bits per heavy atom. The van der Waals surface area contributed by atoms with Crippen LogP contribution in [0.5, 0.6) is 0 Å². The van der Waals surface area contributed by atoms with E-state index >= 15 is 0 Å². The Balaban J connectivity index is 3.75. The Hall–Kier alpha value is -0.650. The van der Waals surface area contributed by atoms with Gasteiger partial charge in [-0.15, -0.1) is 0 Å². The Bertz CT molecular complexity index is 151. The van der Waals surface area contributed by atoms with Crippen LogP contribution in [0.3, 0.4) is 0 Å². The predicted octanol–water partition coefficient (Wildman–Crippen LogP) is -0.696. The molecule has 0 radical (unpaired) electrons. The second-order valence-corrected chi connectivity index (χ2v) is 3.04. The quantitative estimate of drug-likeness (QED) is 0.496. The molecule has 78 valence electrons. The lowest BCUT2D eigenvalue weighted by Crippen LogP contribution is -2.42. The summed E-state index contributed by atoms with van der Waals surface area (Å²) in [5, 5.41) is 20.2. The van der Waals surface area contributed by atoms with Crippen LogP contribution in [0.4, 0.5) is 0 Å². The number of nitrogens with one attached hydrogen (secondary N) is 1. The molecule has 0 spiro atoms. The van der Waals surface area contributed by atoms with Gasteiger partial charge in [0.15, 0.2) is 0 Å². The summed E-state index contributed by atoms with van der Waals surface area (Å²) in [4.78, 5) is 10.6. The van der Waals surface area contributed by atoms with Crippen molar-refractivity contribution in [2.24, 2.45) is 5.92 Å². The summed E-state index contributed by atoms with van der Waals surface area (Å²) in [5.74, 6) is -0.884. The third-order valence-electron chi connectivity index (χ3n) is 1.66. The van der Waals surface area contributed by atoms with Gasteiger partial charge in [0.25, 0.3) is 0 Å². The molecule has 0 aromatic carbocycles. The highest BCUT2D eigenvalue weighted by Crippen LogP contribution is 1.92. The van der Waals surface area contributed by atoms with Gasteiger partial charge in [-0.05, 0) is 5.92 Å². The van der Waals surface area contributed by atoms with Crippen LogP contribution < -0.4 is 5.32 Å². The number of aliphatic carboxylic acids is 1. The van der Waals surface area contributed by atoms with Crippen molar-refractivity contribution in [1.29, 1.82) is 0 Å². The van der Waals surface area contributed by atoms with E-state index in [2.05, 4.69) is 5.32 Å². The van der Waals surface area contributed by atoms with E-state index in [1.807, 2.05) is 6.92 Å². The molecule has 0 aliphatic rings. The minimum absolute atomic E-state index is 0.0479. The molecule has 2 atom stereocenters. The van der Waals surface area contributed by atoms with Crippen LogP contribution in [-0.2, 0) is 9.53 Å². The third kappa shape index (κ3) is 5.57. The number of rotatable bonds is 7. The molecule has 0 amide bonds. The lowest BCUT2D eigenvalue weighted by Gasteiger charge is -2.15. The maximum Gasteiger partial charge on any atom is 0.323 e. The van der Waals surface area contributed by atoms with Crippen LogP contribution >= 0.6 is 0 Å². The molecule has 0 bridgehead atoms. The van der Waals surface area contributed by atoms with Crippen molar-refractivity contribution in [3.63, 3.8) is 0 Å². The molecule has 0 saturated heterocycles. The number of aliphatic hydroxyl groups is 1. The van der Waals surface area contributed by atoms with Crippen LogP contribution in [0.1, 0.15) is 6.92 Å². The highest BCUT2D eigenvalue weighted by Gasteiger charge is 2.16. The zero-order valence-electron chi connectivity index (χ0n) is 7.99. The zero-order valence-corrected chi connectivity index (χ0v) is 7.99. The van der Waals surface area contributed by atoms with Gasteiger partial charge in [-0.3, -0.25) is 4.79 Å². The van der Waals surface area contributed by atoms with E-state index in [-0.39, 0.29) is 19.1 Å². The minimum atomic E-state index is -0.938. The van der Waals surface area contributed by atoms with Crippen LogP contribution in [0, 0.1) is 5.92 Å². The number of aliphatic hydroxyl groups excluding tert-OH is 1. The first-order chi connectivity index (χ1) is 6.11. The number of hydrogen-bond acceptors (Lipinski definition) is 4. The maximum atomic E-state index is 10.6. The van der Waals surface area contributed by atoms with Crippen LogP contribution in [0.2, 0.25) is 0 Å². The molecule has 0 aromatic rings. The standard InChI is InChI=1S/C8H17NO4/c1-6(4-10)3-9-7(5-13-2)8(11)12/h6-7,9-10H,3-5H2,1-2H3,(H,11,12). The molecular formula is C8H17NO4. The van der Waals surface area contributed by atoms with E-state index < -0.39 is 12.0 Å². The molecule has 0 aromatic heterocycles. The smallest absolute Gasteiger partial charge is 0.323 e. The second kappa shape index (κ2) is 6.82. The molecule has 0 heterocycles. The first-order valence-corrected chi connectivity index (χ1v) is 4.17. The highest BCUT2D eigenvalue weighted by atomic mass is 16.5. The van der Waals surface area contributed by atoms with Crippen molar-refractivity contribution in [2.45, 2.75) is 13.0 Å². The first kappa shape index (κ1) is 12.3. The van der Waals surface area contributed by atoms with Crippen molar-refractivity contribution in [3.8, 4) is 0 Å². The van der Waals surface area contributed by atoms with Crippen molar-refractivity contribution in [1.82, 2.24) is 5.32 Å². The number of methoxy groups -OCH3 is 1. The van der Waals surface area contributed by atoms with Crippen molar-refractivity contribution < 1.29 is 19.7 Å². The number of hydrogen-bond donors (Lipinski definition) is 3. The summed E-state index contributed by atoms with van der Waals surface area (Å²) < 4.78 is 4.73. The van der Waals surface area contributed by atoms with Crippen LogP contribution in [0.15, 0.2) is 0 Å². The molecule has 2 unspecified atom stereocenters. The fourth-order valence-electron chi connectivity index (χ4n) is 0.792. The SMILES string of the molecule is COCC(NCC(C)CO)C(=O)O. The van der Waals surface area contributed by atoms with E-state index in [4.69, 9.17) is 14.9 Å². The van der Waals surface area contributed by atoms with Gasteiger partial charge in [0.05, 0.1) is 6.61 Å². The molecule has 0 aliphatic heterocycles. The maximum absolute atomic E-state index is 10.6. The monoisotopic (exact) mass is 191 g/mol. The van der Waals surface area contributed by atoms with E-state index in [0.717, 1.165) is 0 Å². The van der Waals surface area contributed by atoms with Gasteiger partial charge in [-0.2, -0.15) is 0 Å². The Morgan fingerprint density at radius 3 is 2.62 bits per heavy atom. The Labute approximate surface area is 77.7 Å². The van der Waals surface area contributed by atoms with Crippen molar-refractivity contribution in [3.05, 3.63) is 0 Å². The molecule has 0 fully saturated rings. The molecule has 0 saturated carbocycles. The lowest BCUT2D eigenvalue weighted by molar-refractivity contribution is -0.140. The van der Waals surface area contributed by atoms with Gasteiger partial charge < -0.3 is 20.3 Å². The summed E-state index contributed by atoms with van der Waals surface area (Å²) in [6.45, 7) is 2.48. The fraction of sp³-hybridized carbons (Fsp3) is 0.875. The molecular weight excluding hydrogens is 174 g/mol. The Morgan fingerprint density at radius 1 is 1.62 bits per heavy atom. The molecule has 5 heteroatoms. The zero-order chi connectivity index (χ0) is 10.3. The topological polar surface area (TPSA) is 78.8 Å². The average Bonchev–Trinajstić information content (AvgIpc) is 2.11. The summed E-state index contributed by atoms with van der Waals surface area (Å²) >= 11 is 0. The van der Waals surface area contributed by atoms with E-state index in [1.165, 1.54) is 7.11 Å². The minimum Gasteiger partial charge on any atom is -0.480 e. The summed E-state index contributed by atoms with van der Waals surface area (Å²) in [6.07, 6.45) is 0.